The molecule has 2 rings (SSSR count). The topological polar surface area (TPSA) is 3.24 Å². The van der Waals surface area contributed by atoms with Crippen LogP contribution in [0.4, 0.5) is 5.69 Å². The van der Waals surface area contributed by atoms with E-state index in [1.165, 1.54) is 36.3 Å². The monoisotopic (exact) mass is 231 g/mol. The Hall–Kier alpha value is -0.980. The lowest BCUT2D eigenvalue weighted by atomic mass is 9.93. The quantitative estimate of drug-likeness (QED) is 0.731. The third kappa shape index (κ3) is 2.65. The van der Waals surface area contributed by atoms with Crippen LogP contribution in [0.1, 0.15) is 51.2 Å². The summed E-state index contributed by atoms with van der Waals surface area (Å²) >= 11 is 0. The van der Waals surface area contributed by atoms with Gasteiger partial charge in [-0.25, -0.2) is 0 Å². The zero-order chi connectivity index (χ0) is 12.6. The van der Waals surface area contributed by atoms with Gasteiger partial charge >= 0.3 is 0 Å². The highest BCUT2D eigenvalue weighted by Crippen LogP contribution is 2.35. The van der Waals surface area contributed by atoms with Gasteiger partial charge in [0.25, 0.3) is 0 Å². The average molecular weight is 231 g/mol. The second-order valence-electron chi connectivity index (χ2n) is 6.54. The van der Waals surface area contributed by atoms with Gasteiger partial charge in [-0.3, -0.25) is 0 Å². The molecule has 0 aliphatic carbocycles. The Balaban J connectivity index is 2.29. The van der Waals surface area contributed by atoms with Crippen molar-refractivity contribution in [2.45, 2.75) is 47.0 Å². The Morgan fingerprint density at radius 3 is 2.47 bits per heavy atom. The van der Waals surface area contributed by atoms with Crippen LogP contribution in [0.3, 0.4) is 0 Å². The highest BCUT2D eigenvalue weighted by molar-refractivity contribution is 5.56. The summed E-state index contributed by atoms with van der Waals surface area (Å²) in [5.74, 6) is 0.616. The number of rotatable bonds is 2. The fraction of sp³-hybridized carbons (Fsp3) is 0.625. The predicted molar refractivity (Wildman–Crippen MR) is 75.9 cm³/mol. The highest BCUT2D eigenvalue weighted by Gasteiger charge is 2.29. The largest absolute Gasteiger partial charge is 0.371 e. The summed E-state index contributed by atoms with van der Waals surface area (Å²) in [7, 11) is 0. The first-order valence-corrected chi connectivity index (χ1v) is 6.74. The maximum Gasteiger partial charge on any atom is 0.0398 e. The number of benzene rings is 1. The fourth-order valence-electron chi connectivity index (χ4n) is 2.64. The Kier molecular flexibility index (Phi) is 3.20. The molecule has 0 radical (unpaired) electrons. The van der Waals surface area contributed by atoms with Gasteiger partial charge in [0.1, 0.15) is 0 Å². The zero-order valence-corrected chi connectivity index (χ0v) is 11.9. The third-order valence-corrected chi connectivity index (χ3v) is 3.92. The molecule has 0 unspecified atom stereocenters. The number of hydrogen-bond acceptors (Lipinski definition) is 1. The molecule has 94 valence electrons. The zero-order valence-electron chi connectivity index (χ0n) is 11.9. The van der Waals surface area contributed by atoms with Crippen molar-refractivity contribution in [2.75, 3.05) is 18.0 Å². The molecule has 1 aliphatic heterocycles. The maximum absolute atomic E-state index is 2.56. The summed E-state index contributed by atoms with van der Waals surface area (Å²) in [5.41, 5.74) is 4.78. The predicted octanol–water partition coefficient (Wildman–Crippen LogP) is 4.35. The first-order chi connectivity index (χ1) is 7.89. The molecule has 0 bridgehead atoms. The summed E-state index contributed by atoms with van der Waals surface area (Å²) in [5, 5.41) is 0. The molecule has 0 N–H and O–H groups in total. The molecule has 1 heteroatoms. The lowest BCUT2D eigenvalue weighted by Crippen LogP contribution is -2.23. The third-order valence-electron chi connectivity index (χ3n) is 3.92. The number of aryl methyl sites for hydroxylation is 1. The molecule has 1 aliphatic rings. The van der Waals surface area contributed by atoms with Gasteiger partial charge < -0.3 is 4.90 Å². The number of hydrogen-bond donors (Lipinski definition) is 0. The average Bonchev–Trinajstić information content (AvgIpc) is 2.59. The van der Waals surface area contributed by atoms with Crippen molar-refractivity contribution < 1.29 is 0 Å². The van der Waals surface area contributed by atoms with Crippen molar-refractivity contribution >= 4 is 5.69 Å². The van der Waals surface area contributed by atoms with E-state index >= 15 is 0 Å². The molecule has 1 saturated heterocycles. The molecule has 1 heterocycles. The highest BCUT2D eigenvalue weighted by atomic mass is 15.2. The summed E-state index contributed by atoms with van der Waals surface area (Å²) in [4.78, 5) is 2.56. The van der Waals surface area contributed by atoms with Crippen LogP contribution in [-0.4, -0.2) is 13.1 Å². The van der Waals surface area contributed by atoms with Crippen LogP contribution in [-0.2, 0) is 0 Å². The summed E-state index contributed by atoms with van der Waals surface area (Å²) < 4.78 is 0. The van der Waals surface area contributed by atoms with Gasteiger partial charge in [0.2, 0.25) is 0 Å². The van der Waals surface area contributed by atoms with Crippen LogP contribution in [0.2, 0.25) is 0 Å². The molecule has 0 saturated carbocycles. The van der Waals surface area contributed by atoms with Crippen molar-refractivity contribution in [3.8, 4) is 0 Å². The minimum absolute atomic E-state index is 0.472. The van der Waals surface area contributed by atoms with Gasteiger partial charge in [0, 0.05) is 18.8 Å². The fourth-order valence-corrected chi connectivity index (χ4v) is 2.64. The number of anilines is 1. The van der Waals surface area contributed by atoms with E-state index in [2.05, 4.69) is 57.7 Å². The van der Waals surface area contributed by atoms with E-state index in [1.54, 1.807) is 0 Å². The van der Waals surface area contributed by atoms with Crippen LogP contribution in [0.25, 0.3) is 0 Å². The first kappa shape index (κ1) is 12.5. The van der Waals surface area contributed by atoms with Crippen LogP contribution >= 0.6 is 0 Å². The van der Waals surface area contributed by atoms with E-state index < -0.39 is 0 Å². The van der Waals surface area contributed by atoms with Crippen molar-refractivity contribution in [2.24, 2.45) is 5.41 Å². The molecule has 1 fully saturated rings. The van der Waals surface area contributed by atoms with E-state index in [-0.39, 0.29) is 0 Å². The van der Waals surface area contributed by atoms with E-state index in [0.29, 0.717) is 11.3 Å². The molecule has 0 atom stereocenters. The van der Waals surface area contributed by atoms with Gasteiger partial charge in [-0.2, -0.15) is 0 Å². The Bertz CT molecular complexity index is 404. The molecule has 0 spiro atoms. The smallest absolute Gasteiger partial charge is 0.0398 e. The normalized spacial score (nSPS) is 19.1. The molecular formula is C16H25N. The van der Waals surface area contributed by atoms with E-state index in [0.717, 1.165) is 0 Å². The lowest BCUT2D eigenvalue weighted by molar-refractivity contribution is 0.418. The molecule has 17 heavy (non-hydrogen) atoms. The molecule has 1 nitrogen and oxygen atoms in total. The summed E-state index contributed by atoms with van der Waals surface area (Å²) in [6, 6.07) is 6.93. The second kappa shape index (κ2) is 4.36. The Morgan fingerprint density at radius 2 is 1.94 bits per heavy atom. The molecule has 0 aromatic heterocycles. The van der Waals surface area contributed by atoms with Gasteiger partial charge in [0.05, 0.1) is 0 Å². The van der Waals surface area contributed by atoms with E-state index in [4.69, 9.17) is 0 Å². The van der Waals surface area contributed by atoms with Gasteiger partial charge in [-0.05, 0) is 41.9 Å². The lowest BCUT2D eigenvalue weighted by Gasteiger charge is -2.24. The van der Waals surface area contributed by atoms with Gasteiger partial charge in [-0.1, -0.05) is 39.8 Å². The molecule has 1 aromatic rings. The van der Waals surface area contributed by atoms with Crippen molar-refractivity contribution in [3.63, 3.8) is 0 Å². The van der Waals surface area contributed by atoms with Crippen LogP contribution < -0.4 is 4.90 Å². The number of nitrogens with zero attached hydrogens (tertiary/aromatic N) is 1. The van der Waals surface area contributed by atoms with E-state index in [1.807, 2.05) is 0 Å². The SMILES string of the molecule is Cc1ccc(C(C)C)cc1N1CCC(C)(C)C1. The van der Waals surface area contributed by atoms with Crippen molar-refractivity contribution in [1.82, 2.24) is 0 Å². The van der Waals surface area contributed by atoms with E-state index in [9.17, 15) is 0 Å². The molecule has 0 amide bonds. The minimum Gasteiger partial charge on any atom is -0.371 e. The molecular weight excluding hydrogens is 206 g/mol. The first-order valence-electron chi connectivity index (χ1n) is 6.74. The van der Waals surface area contributed by atoms with Crippen molar-refractivity contribution in [3.05, 3.63) is 29.3 Å². The van der Waals surface area contributed by atoms with Gasteiger partial charge in [-0.15, -0.1) is 0 Å². The van der Waals surface area contributed by atoms with Gasteiger partial charge in [0.15, 0.2) is 0 Å². The van der Waals surface area contributed by atoms with Crippen LogP contribution in [0.15, 0.2) is 18.2 Å². The Labute approximate surface area is 106 Å². The second-order valence-corrected chi connectivity index (χ2v) is 6.54. The standard InChI is InChI=1S/C16H25N/c1-12(2)14-7-6-13(3)15(10-14)17-9-8-16(4,5)11-17/h6-7,10,12H,8-9,11H2,1-5H3. The molecule has 1 aromatic carbocycles. The van der Waals surface area contributed by atoms with Crippen LogP contribution in [0.5, 0.6) is 0 Å². The van der Waals surface area contributed by atoms with Crippen molar-refractivity contribution in [1.29, 1.82) is 0 Å². The maximum atomic E-state index is 2.56. The summed E-state index contributed by atoms with van der Waals surface area (Å²) in [6.07, 6.45) is 1.30. The summed E-state index contributed by atoms with van der Waals surface area (Å²) in [6.45, 7) is 13.9. The minimum atomic E-state index is 0.472. The Morgan fingerprint density at radius 1 is 1.24 bits per heavy atom. The van der Waals surface area contributed by atoms with Crippen LogP contribution in [0, 0.1) is 12.3 Å².